The molecule has 4 amide bonds. The van der Waals surface area contributed by atoms with Gasteiger partial charge in [-0.3, -0.25) is 60.2 Å². The Kier molecular flexibility index (Phi) is 32.2. The first-order valence-electron chi connectivity index (χ1n) is 30.6. The Hall–Kier alpha value is -4.63. The number of ether oxygens (including phenoxy) is 2. The van der Waals surface area contributed by atoms with E-state index in [1.165, 1.54) is 27.7 Å². The van der Waals surface area contributed by atoms with Crippen molar-refractivity contribution in [2.75, 3.05) is 87.9 Å². The van der Waals surface area contributed by atoms with Crippen molar-refractivity contribution in [2.45, 2.75) is 120 Å². The number of thiol groups is 1. The number of rotatable bonds is 44. The molecule has 2 aliphatic rings. The highest BCUT2D eigenvalue weighted by Crippen LogP contribution is 2.63. The number of imidazole rings is 2. The molecule has 0 saturated carbocycles. The average molecular weight is 1670 g/mol. The molecule has 49 nitrogen and oxygen atoms in total. The smallest absolute Gasteiger partial charge is 0.396 e. The van der Waals surface area contributed by atoms with Crippen molar-refractivity contribution >= 4 is 132 Å². The third-order valence-electron chi connectivity index (χ3n) is 14.9. The number of nitrogens with one attached hydrogen (secondary N) is 4. The lowest BCUT2D eigenvalue weighted by Crippen LogP contribution is -2.46. The number of aromatic nitrogens is 8. The summed E-state index contributed by atoms with van der Waals surface area (Å²) in [6.07, 6.45) is -15.2. The summed E-state index contributed by atoms with van der Waals surface area (Å²) in [5, 5.41) is 73.2. The summed E-state index contributed by atoms with van der Waals surface area (Å²) >= 11 is 0.777. The Balaban J connectivity index is 0.831. The number of nitrogens with two attached hydrogens (primary N) is 2. The summed E-state index contributed by atoms with van der Waals surface area (Å²) in [7, 11) is -34.8. The molecule has 16 atom stereocenters. The number of phosphoric ester groups is 6. The molecule has 105 heavy (non-hydrogen) atoms. The number of fused-ring (bicyclic) bond motifs is 2. The van der Waals surface area contributed by atoms with Crippen molar-refractivity contribution in [1.82, 2.24) is 60.3 Å². The molecular weight excluding hydrogens is 1580 g/mol. The minimum absolute atomic E-state index is 0.0118. The summed E-state index contributed by atoms with van der Waals surface area (Å²) in [4.78, 5) is 167. The Bertz CT molecular complexity index is 3970. The van der Waals surface area contributed by atoms with Crippen molar-refractivity contribution in [2.24, 2.45) is 10.8 Å². The third kappa shape index (κ3) is 27.1. The summed E-state index contributed by atoms with van der Waals surface area (Å²) in [6.45, 7) is -0.665. The number of amides is 4. The Morgan fingerprint density at radius 1 is 0.590 bits per heavy atom. The van der Waals surface area contributed by atoms with Gasteiger partial charge < -0.3 is 112 Å². The summed E-state index contributed by atoms with van der Waals surface area (Å²) < 4.78 is 125. The molecule has 0 aliphatic carbocycles. The monoisotopic (exact) mass is 1660 g/mol. The van der Waals surface area contributed by atoms with Crippen LogP contribution in [0.1, 0.15) is 65.8 Å². The van der Waals surface area contributed by atoms with Crippen LogP contribution in [0.2, 0.25) is 0 Å². The number of nitrogens with zero attached hydrogens (tertiary/aromatic N) is 8. The van der Waals surface area contributed by atoms with Gasteiger partial charge in [-0.15, -0.1) is 0 Å². The molecule has 4 aromatic rings. The number of carbonyl (C=O) groups excluding carboxylic acids is 5. The molecular formula is C48H82N14O35P6S2. The molecule has 57 heteroatoms. The predicted molar refractivity (Wildman–Crippen MR) is 358 cm³/mol. The first kappa shape index (κ1) is 89.3. The van der Waals surface area contributed by atoms with Gasteiger partial charge in [0.05, 0.1) is 50.9 Å². The van der Waals surface area contributed by atoms with Crippen LogP contribution in [0.15, 0.2) is 25.3 Å². The van der Waals surface area contributed by atoms with Gasteiger partial charge in [-0.25, -0.2) is 68.2 Å². The lowest BCUT2D eigenvalue weighted by atomic mass is 9.87. The number of hydrogen-bond donors (Lipinski definition) is 21. The Labute approximate surface area is 600 Å². The van der Waals surface area contributed by atoms with E-state index in [0.29, 0.717) is 5.75 Å². The van der Waals surface area contributed by atoms with Crippen LogP contribution >= 0.6 is 69.6 Å². The number of hydrogen-bond acceptors (Lipinski definition) is 36. The molecule has 0 radical (unpaired) electrons. The van der Waals surface area contributed by atoms with Crippen LogP contribution < -0.4 is 32.7 Å². The summed E-state index contributed by atoms with van der Waals surface area (Å²) in [6, 6.07) is 0. The molecule has 596 valence electrons. The van der Waals surface area contributed by atoms with Crippen LogP contribution in [0.4, 0.5) is 11.6 Å². The first-order valence-corrected chi connectivity index (χ1v) is 42.4. The van der Waals surface area contributed by atoms with Gasteiger partial charge in [-0.1, -0.05) is 39.5 Å². The molecule has 2 saturated heterocycles. The van der Waals surface area contributed by atoms with E-state index in [1.807, 2.05) is 0 Å². The van der Waals surface area contributed by atoms with E-state index >= 15 is 0 Å². The van der Waals surface area contributed by atoms with Crippen LogP contribution in [0.5, 0.6) is 0 Å². The van der Waals surface area contributed by atoms with Gasteiger partial charge in [0, 0.05) is 62.2 Å². The van der Waals surface area contributed by atoms with Gasteiger partial charge in [-0.05, 0) is 17.9 Å². The molecule has 22 N–H and O–H groups in total. The maximum Gasteiger partial charge on any atom is 0.481 e. The van der Waals surface area contributed by atoms with Crippen molar-refractivity contribution in [1.29, 1.82) is 0 Å². The fraction of sp³-hybridized carbons (Fsp3) is 0.688. The van der Waals surface area contributed by atoms with E-state index in [4.69, 9.17) is 39.0 Å². The zero-order chi connectivity index (χ0) is 78.4. The molecule has 2 aliphatic heterocycles. The van der Waals surface area contributed by atoms with Crippen molar-refractivity contribution in [3.05, 3.63) is 25.3 Å². The van der Waals surface area contributed by atoms with Gasteiger partial charge in [0.15, 0.2) is 40.5 Å². The van der Waals surface area contributed by atoms with E-state index in [0.717, 1.165) is 46.2 Å². The highest BCUT2D eigenvalue weighted by molar-refractivity contribution is 8.17. The normalized spacial score (nSPS) is 23.3. The minimum Gasteiger partial charge on any atom is -0.396 e. The lowest BCUT2D eigenvalue weighted by molar-refractivity contribution is -0.137. The number of phosphoric acid groups is 6. The molecule has 0 spiro atoms. The summed E-state index contributed by atoms with van der Waals surface area (Å²) in [5.41, 5.74) is 6.96. The standard InChI is InChI=1S/C48H82N14O35P6S2/c1-47(2,19-90-102(84,85)96-100(80,81)88-17-25-35(94-98(74,75)76)33(68)45(92-25)61-23-59-31-39(49)55-21-57-41(31)61)37(70)43(72)53-8-6-27(64)51-10-13-104-29(66)16-30(67)105(14-5-12-63)15-11-52-28(65)7-9-54-44(73)38(71)48(3,4)20-91-103(86,87)97-101(82,83)89-18-26-36(95-99(77,78)79)34(69)46(93-26)62-24-60-32-40(50)56-22-58-42(32)62/h21-26,30,33-38,45-46,63,67-71,105H,5-20H2,1-4H3,(H,51,64)(H,52,65)(H,53,72)(H,54,73)(H,80,81)(H,82,83)(H,84,85)(H,86,87)(H2,49,55,57)(H2,50,56,58)(H2,74,75,76)(H2,77,78,79)/t25-,26-,30?,33-,34-,35-,36-,37?,38?,45-,46-/m1/s1. The quantitative estimate of drug-likeness (QED) is 0.0115. The van der Waals surface area contributed by atoms with Crippen molar-refractivity contribution in [3.8, 4) is 0 Å². The molecule has 6 heterocycles. The third-order valence-corrected chi connectivity index (χ3v) is 24.7. The zero-order valence-corrected chi connectivity index (χ0v) is 62.7. The number of thioether (sulfide) groups is 1. The highest BCUT2D eigenvalue weighted by Gasteiger charge is 2.53. The van der Waals surface area contributed by atoms with Crippen LogP contribution in [-0.2, 0) is 96.6 Å². The molecule has 0 aromatic carbocycles. The predicted octanol–water partition coefficient (Wildman–Crippen LogP) is -3.82. The van der Waals surface area contributed by atoms with E-state index in [2.05, 4.69) is 68.8 Å². The topological polar surface area (TPSA) is 751 Å². The zero-order valence-electron chi connectivity index (χ0n) is 55.6. The maximum absolute atomic E-state index is 12.9. The van der Waals surface area contributed by atoms with Crippen LogP contribution in [0.25, 0.3) is 22.3 Å². The second-order valence-corrected chi connectivity index (χ2v) is 36.4. The highest BCUT2D eigenvalue weighted by atomic mass is 32.2. The second-order valence-electron chi connectivity index (χ2n) is 24.2. The molecule has 6 rings (SSSR count). The Morgan fingerprint density at radius 3 is 1.39 bits per heavy atom. The van der Waals surface area contributed by atoms with Gasteiger partial charge >= 0.3 is 46.9 Å². The van der Waals surface area contributed by atoms with E-state index in [-0.39, 0.29) is 104 Å². The molecule has 4 aromatic heterocycles. The maximum atomic E-state index is 12.9. The fourth-order valence-electron chi connectivity index (χ4n) is 9.59. The van der Waals surface area contributed by atoms with E-state index in [1.54, 1.807) is 0 Å². The number of nitrogen functional groups attached to an aromatic ring is 2. The lowest BCUT2D eigenvalue weighted by Gasteiger charge is -2.30. The van der Waals surface area contributed by atoms with Crippen LogP contribution in [0.3, 0.4) is 0 Å². The fourth-order valence-corrected chi connectivity index (χ4v) is 18.3. The summed E-state index contributed by atoms with van der Waals surface area (Å²) in [5.74, 6) is -3.05. The van der Waals surface area contributed by atoms with Gasteiger partial charge in [0.1, 0.15) is 72.5 Å². The van der Waals surface area contributed by atoms with E-state index in [9.17, 15) is 121 Å². The van der Waals surface area contributed by atoms with Gasteiger partial charge in [-0.2, -0.15) is 8.62 Å². The SMILES string of the molecule is CC(C)(COP(=O)(O)OP(=O)(O)OC[C@H]1O[C@@H](n2cnc3c(N)ncnc32)[C@H](O)[C@@H]1OP(=O)(O)O)C(O)C(=O)NCCC(=O)NCCSC(=O)CC(O)[SH](CCCO)CCNC(=O)CCNC(=O)C(O)C(C)(C)COP(=O)(O)OP(=O)(O)OC[C@H]1O[C@@H](n2cnc3c(N)ncnc32)[C@H](O)[C@@H]1OP(=O)(O)O. The first-order chi connectivity index (χ1) is 48.6. The number of aliphatic hydroxyl groups is 6. The largest absolute Gasteiger partial charge is 0.481 e. The minimum atomic E-state index is -5.68. The van der Waals surface area contributed by atoms with Crippen LogP contribution in [0, 0.1) is 10.8 Å². The van der Waals surface area contributed by atoms with Crippen molar-refractivity contribution < 1.29 is 166 Å². The van der Waals surface area contributed by atoms with E-state index < -0.39 is 191 Å². The number of anilines is 2. The van der Waals surface area contributed by atoms with Crippen LogP contribution in [-0.4, -0.2) is 268 Å². The Morgan fingerprint density at radius 2 is 0.990 bits per heavy atom. The van der Waals surface area contributed by atoms with Crippen molar-refractivity contribution in [3.63, 3.8) is 0 Å². The molecule has 2 fully saturated rings. The van der Waals surface area contributed by atoms with Gasteiger partial charge in [0.25, 0.3) is 0 Å². The molecule has 8 unspecified atom stereocenters. The van der Waals surface area contributed by atoms with Gasteiger partial charge in [0.2, 0.25) is 23.6 Å². The number of carbonyl (C=O) groups is 5. The number of aliphatic hydroxyl groups excluding tert-OH is 6. The second kappa shape index (κ2) is 37.9. The average Bonchev–Trinajstić information content (AvgIpc) is 1.62. The molecule has 0 bridgehead atoms.